The predicted octanol–water partition coefficient (Wildman–Crippen LogP) is 3.05. The van der Waals surface area contributed by atoms with Crippen LogP contribution >= 0.6 is 7.60 Å². The SMILES string of the molecule is CCOP(=O)(OCC)c1c2c(n(O)c1C)CC[C@@H](C)C2. The lowest BCUT2D eigenvalue weighted by Gasteiger charge is -2.22. The highest BCUT2D eigenvalue weighted by Crippen LogP contribution is 2.50. The van der Waals surface area contributed by atoms with Crippen molar-refractivity contribution in [2.45, 2.75) is 47.0 Å². The number of aromatic nitrogens is 1. The predicted molar refractivity (Wildman–Crippen MR) is 78.0 cm³/mol. The van der Waals surface area contributed by atoms with E-state index in [1.165, 1.54) is 4.73 Å². The highest BCUT2D eigenvalue weighted by Gasteiger charge is 2.38. The van der Waals surface area contributed by atoms with Crippen LogP contribution in [0.25, 0.3) is 0 Å². The molecule has 114 valence electrons. The van der Waals surface area contributed by atoms with Crippen molar-refractivity contribution in [1.82, 2.24) is 4.73 Å². The molecular formula is C14H24NO4P. The molecule has 0 aromatic carbocycles. The third-order valence-corrected chi connectivity index (χ3v) is 6.19. The van der Waals surface area contributed by atoms with Gasteiger partial charge in [-0.1, -0.05) is 6.92 Å². The van der Waals surface area contributed by atoms with E-state index in [0.29, 0.717) is 30.1 Å². The molecule has 1 aliphatic rings. The fourth-order valence-corrected chi connectivity index (χ4v) is 5.01. The normalized spacial score (nSPS) is 19.1. The van der Waals surface area contributed by atoms with Gasteiger partial charge in [0.1, 0.15) is 0 Å². The third kappa shape index (κ3) is 2.54. The van der Waals surface area contributed by atoms with Gasteiger partial charge in [0, 0.05) is 0 Å². The van der Waals surface area contributed by atoms with E-state index in [0.717, 1.165) is 30.5 Å². The first-order valence-corrected chi connectivity index (χ1v) is 8.80. The van der Waals surface area contributed by atoms with Crippen molar-refractivity contribution in [3.05, 3.63) is 17.0 Å². The summed E-state index contributed by atoms with van der Waals surface area (Å²) in [4.78, 5) is 0. The van der Waals surface area contributed by atoms with Crippen LogP contribution in [0.4, 0.5) is 0 Å². The van der Waals surface area contributed by atoms with Crippen LogP contribution < -0.4 is 5.30 Å². The molecule has 0 bridgehead atoms. The Morgan fingerprint density at radius 1 is 1.35 bits per heavy atom. The fourth-order valence-electron chi connectivity index (χ4n) is 2.96. The van der Waals surface area contributed by atoms with Crippen LogP contribution in [0.2, 0.25) is 0 Å². The summed E-state index contributed by atoms with van der Waals surface area (Å²) in [7, 11) is -3.36. The third-order valence-electron chi connectivity index (χ3n) is 3.85. The zero-order valence-electron chi connectivity index (χ0n) is 12.7. The molecule has 1 aromatic rings. The summed E-state index contributed by atoms with van der Waals surface area (Å²) < 4.78 is 25.1. The van der Waals surface area contributed by atoms with Gasteiger partial charge in [-0.2, -0.15) is 4.73 Å². The van der Waals surface area contributed by atoms with Gasteiger partial charge < -0.3 is 14.3 Å². The van der Waals surface area contributed by atoms with E-state index in [1.807, 2.05) is 0 Å². The summed E-state index contributed by atoms with van der Waals surface area (Å²) in [6.07, 6.45) is 2.64. The van der Waals surface area contributed by atoms with Gasteiger partial charge in [0.15, 0.2) is 0 Å². The molecule has 0 fully saturated rings. The summed E-state index contributed by atoms with van der Waals surface area (Å²) in [5.41, 5.74) is 2.39. The van der Waals surface area contributed by atoms with Crippen molar-refractivity contribution in [2.24, 2.45) is 5.92 Å². The number of nitrogens with zero attached hydrogens (tertiary/aromatic N) is 1. The Hall–Kier alpha value is -0.770. The molecule has 5 nitrogen and oxygen atoms in total. The second-order valence-electron chi connectivity index (χ2n) is 5.35. The lowest BCUT2D eigenvalue weighted by Crippen LogP contribution is -2.20. The first kappa shape index (κ1) is 15.6. The Balaban J connectivity index is 2.58. The maximum atomic E-state index is 13.1. The topological polar surface area (TPSA) is 60.7 Å². The largest absolute Gasteiger partial charge is 0.428 e. The molecule has 2 rings (SSSR count). The second-order valence-corrected chi connectivity index (χ2v) is 7.31. The molecule has 20 heavy (non-hydrogen) atoms. The zero-order chi connectivity index (χ0) is 14.9. The van der Waals surface area contributed by atoms with E-state index in [1.54, 1.807) is 20.8 Å². The van der Waals surface area contributed by atoms with Crippen molar-refractivity contribution in [3.8, 4) is 0 Å². The summed E-state index contributed by atoms with van der Waals surface area (Å²) in [6.45, 7) is 8.17. The minimum atomic E-state index is -3.36. The summed E-state index contributed by atoms with van der Waals surface area (Å²) in [5, 5.41) is 10.8. The van der Waals surface area contributed by atoms with E-state index < -0.39 is 7.60 Å². The van der Waals surface area contributed by atoms with Gasteiger partial charge in [-0.05, 0) is 51.5 Å². The summed E-state index contributed by atoms with van der Waals surface area (Å²) >= 11 is 0. The van der Waals surface area contributed by atoms with Crippen LogP contribution in [0, 0.1) is 12.8 Å². The number of rotatable bonds is 5. The number of hydrogen-bond acceptors (Lipinski definition) is 4. The first-order chi connectivity index (χ1) is 9.44. The molecule has 1 aromatic heterocycles. The smallest absolute Gasteiger partial charge is 0.363 e. The molecule has 0 aliphatic heterocycles. The van der Waals surface area contributed by atoms with E-state index in [9.17, 15) is 9.77 Å². The molecule has 0 spiro atoms. The van der Waals surface area contributed by atoms with Gasteiger partial charge in [-0.3, -0.25) is 4.57 Å². The van der Waals surface area contributed by atoms with Crippen molar-refractivity contribution in [3.63, 3.8) is 0 Å². The maximum Gasteiger partial charge on any atom is 0.363 e. The maximum absolute atomic E-state index is 13.1. The van der Waals surface area contributed by atoms with Crippen LogP contribution in [-0.2, 0) is 26.5 Å². The van der Waals surface area contributed by atoms with Crippen LogP contribution in [0.1, 0.15) is 44.1 Å². The average molecular weight is 301 g/mol. The molecule has 0 saturated heterocycles. The zero-order valence-corrected chi connectivity index (χ0v) is 13.6. The van der Waals surface area contributed by atoms with Crippen LogP contribution in [0.15, 0.2) is 0 Å². The summed E-state index contributed by atoms with van der Waals surface area (Å²) in [5.74, 6) is 0.514. The minimum absolute atomic E-state index is 0.317. The molecule has 0 radical (unpaired) electrons. The van der Waals surface area contributed by atoms with E-state index in [2.05, 4.69) is 6.92 Å². The molecule has 1 N–H and O–H groups in total. The fraction of sp³-hybridized carbons (Fsp3) is 0.714. The van der Waals surface area contributed by atoms with E-state index in [4.69, 9.17) is 9.05 Å². The second kappa shape index (κ2) is 5.92. The summed E-state index contributed by atoms with van der Waals surface area (Å²) in [6, 6.07) is 0. The van der Waals surface area contributed by atoms with Crippen LogP contribution in [0.5, 0.6) is 0 Å². The first-order valence-electron chi connectivity index (χ1n) is 7.26. The lowest BCUT2D eigenvalue weighted by molar-refractivity contribution is 0.168. The molecule has 6 heteroatoms. The number of hydrogen-bond donors (Lipinski definition) is 1. The van der Waals surface area contributed by atoms with Gasteiger partial charge in [0.2, 0.25) is 0 Å². The minimum Gasteiger partial charge on any atom is -0.428 e. The Kier molecular flexibility index (Phi) is 4.62. The quantitative estimate of drug-likeness (QED) is 0.671. The molecule has 0 unspecified atom stereocenters. The molecule has 1 atom stereocenters. The van der Waals surface area contributed by atoms with Gasteiger partial charge in [-0.15, -0.1) is 0 Å². The van der Waals surface area contributed by atoms with Crippen LogP contribution in [-0.4, -0.2) is 23.2 Å². The highest BCUT2D eigenvalue weighted by molar-refractivity contribution is 7.62. The van der Waals surface area contributed by atoms with Crippen molar-refractivity contribution in [2.75, 3.05) is 13.2 Å². The Morgan fingerprint density at radius 2 is 1.95 bits per heavy atom. The Labute approximate surface area is 120 Å². The van der Waals surface area contributed by atoms with Gasteiger partial charge in [-0.25, -0.2) is 0 Å². The highest BCUT2D eigenvalue weighted by atomic mass is 31.2. The van der Waals surface area contributed by atoms with Crippen molar-refractivity contribution < 1.29 is 18.8 Å². The lowest BCUT2D eigenvalue weighted by atomic mass is 9.89. The molecule has 0 saturated carbocycles. The molecule has 1 aliphatic carbocycles. The molecule has 0 amide bonds. The van der Waals surface area contributed by atoms with Gasteiger partial charge in [0.05, 0.1) is 29.9 Å². The van der Waals surface area contributed by atoms with E-state index >= 15 is 0 Å². The van der Waals surface area contributed by atoms with Crippen LogP contribution in [0.3, 0.4) is 0 Å². The molecule has 1 heterocycles. The number of fused-ring (bicyclic) bond motifs is 1. The monoisotopic (exact) mass is 301 g/mol. The molecular weight excluding hydrogens is 277 g/mol. The Morgan fingerprint density at radius 3 is 2.50 bits per heavy atom. The van der Waals surface area contributed by atoms with Gasteiger partial charge in [0.25, 0.3) is 0 Å². The van der Waals surface area contributed by atoms with Gasteiger partial charge >= 0.3 is 7.60 Å². The average Bonchev–Trinajstić information content (AvgIpc) is 2.62. The standard InChI is InChI=1S/C14H24NO4P/c1-5-18-20(17,19-6-2)14-11(4)15(16)13-8-7-10(3)9-12(13)14/h10,16H,5-9H2,1-4H3/t10-/m1/s1. The van der Waals surface area contributed by atoms with Crippen molar-refractivity contribution >= 4 is 12.9 Å². The Bertz CT molecular complexity index is 528. The van der Waals surface area contributed by atoms with E-state index in [-0.39, 0.29) is 0 Å². The van der Waals surface area contributed by atoms with Crippen molar-refractivity contribution in [1.29, 1.82) is 0 Å².